The van der Waals surface area contributed by atoms with E-state index < -0.39 is 21.2 Å². The van der Waals surface area contributed by atoms with E-state index in [4.69, 9.17) is 16.7 Å². The maximum Gasteiger partial charge on any atom is 0.339 e. The van der Waals surface area contributed by atoms with Gasteiger partial charge in [-0.3, -0.25) is 4.79 Å². The first kappa shape index (κ1) is 15.7. The van der Waals surface area contributed by atoms with E-state index in [0.717, 1.165) is 0 Å². The SMILES string of the molecule is COC(=O)c1cc(N2CC(S(N)(=O)=O)CC2=O)ccc1Cl. The molecule has 1 saturated heterocycles. The van der Waals surface area contributed by atoms with Crippen LogP contribution in [0.5, 0.6) is 0 Å². The molecule has 2 N–H and O–H groups in total. The number of carbonyl (C=O) groups excluding carboxylic acids is 2. The fourth-order valence-corrected chi connectivity index (χ4v) is 3.02. The molecule has 0 saturated carbocycles. The molecule has 1 aromatic rings. The van der Waals surface area contributed by atoms with Crippen LogP contribution in [0.2, 0.25) is 5.02 Å². The van der Waals surface area contributed by atoms with Crippen molar-refractivity contribution < 1.29 is 22.7 Å². The second-order valence-electron chi connectivity index (χ2n) is 4.58. The number of carbonyl (C=O) groups is 2. The molecule has 114 valence electrons. The van der Waals surface area contributed by atoms with Crippen LogP contribution in [-0.2, 0) is 19.6 Å². The number of nitrogens with two attached hydrogens (primary N) is 1. The smallest absolute Gasteiger partial charge is 0.339 e. The van der Waals surface area contributed by atoms with E-state index in [9.17, 15) is 18.0 Å². The Hall–Kier alpha value is -1.64. The highest BCUT2D eigenvalue weighted by molar-refractivity contribution is 7.89. The lowest BCUT2D eigenvalue weighted by molar-refractivity contribution is -0.117. The van der Waals surface area contributed by atoms with Gasteiger partial charge in [-0.05, 0) is 18.2 Å². The van der Waals surface area contributed by atoms with Crippen molar-refractivity contribution in [3.63, 3.8) is 0 Å². The summed E-state index contributed by atoms with van der Waals surface area (Å²) in [7, 11) is -2.58. The number of benzene rings is 1. The van der Waals surface area contributed by atoms with Gasteiger partial charge in [0, 0.05) is 18.7 Å². The number of nitrogens with zero attached hydrogens (tertiary/aromatic N) is 1. The lowest BCUT2D eigenvalue weighted by Gasteiger charge is -2.17. The molecule has 21 heavy (non-hydrogen) atoms. The van der Waals surface area contributed by atoms with Crippen LogP contribution in [0.3, 0.4) is 0 Å². The molecule has 0 aromatic heterocycles. The Bertz CT molecular complexity index is 704. The van der Waals surface area contributed by atoms with Gasteiger partial charge >= 0.3 is 5.97 Å². The summed E-state index contributed by atoms with van der Waals surface area (Å²) in [6.45, 7) is -0.0556. The van der Waals surface area contributed by atoms with Crippen molar-refractivity contribution in [1.29, 1.82) is 0 Å². The minimum absolute atomic E-state index is 0.0556. The molecule has 1 atom stereocenters. The Balaban J connectivity index is 2.35. The predicted molar refractivity (Wildman–Crippen MR) is 76.7 cm³/mol. The van der Waals surface area contributed by atoms with Gasteiger partial charge in [-0.1, -0.05) is 11.6 Å². The van der Waals surface area contributed by atoms with Crippen LogP contribution in [-0.4, -0.2) is 39.2 Å². The number of esters is 1. The molecule has 0 radical (unpaired) electrons. The quantitative estimate of drug-likeness (QED) is 0.812. The summed E-state index contributed by atoms with van der Waals surface area (Å²) in [4.78, 5) is 24.8. The van der Waals surface area contributed by atoms with Gasteiger partial charge in [0.2, 0.25) is 15.9 Å². The molecule has 0 aliphatic carbocycles. The highest BCUT2D eigenvalue weighted by Crippen LogP contribution is 2.28. The topological polar surface area (TPSA) is 107 Å². The van der Waals surface area contributed by atoms with E-state index in [1.54, 1.807) is 0 Å². The Morgan fingerprint density at radius 3 is 2.67 bits per heavy atom. The van der Waals surface area contributed by atoms with Gasteiger partial charge in [-0.25, -0.2) is 18.4 Å². The first-order chi connectivity index (χ1) is 9.74. The van der Waals surface area contributed by atoms with Crippen molar-refractivity contribution in [3.05, 3.63) is 28.8 Å². The van der Waals surface area contributed by atoms with E-state index in [2.05, 4.69) is 4.74 Å². The lowest BCUT2D eigenvalue weighted by atomic mass is 10.2. The summed E-state index contributed by atoms with van der Waals surface area (Å²) in [5, 5.41) is 4.29. The Morgan fingerprint density at radius 2 is 2.14 bits per heavy atom. The molecule has 1 aliphatic rings. The number of hydrogen-bond acceptors (Lipinski definition) is 5. The summed E-state index contributed by atoms with van der Waals surface area (Å²) in [6.07, 6.45) is -0.185. The van der Waals surface area contributed by atoms with Gasteiger partial charge in [-0.2, -0.15) is 0 Å². The molecule has 7 nitrogen and oxygen atoms in total. The number of amides is 1. The molecule has 2 rings (SSSR count). The zero-order chi connectivity index (χ0) is 15.8. The van der Waals surface area contributed by atoms with Gasteiger partial charge in [0.15, 0.2) is 0 Å². The van der Waals surface area contributed by atoms with Crippen LogP contribution in [0.4, 0.5) is 5.69 Å². The number of ether oxygens (including phenoxy) is 1. The summed E-state index contributed by atoms with van der Waals surface area (Å²) in [5.74, 6) is -1.02. The van der Waals surface area contributed by atoms with E-state index in [1.165, 1.54) is 30.2 Å². The fourth-order valence-electron chi connectivity index (χ4n) is 2.09. The number of halogens is 1. The van der Waals surface area contributed by atoms with Crippen molar-refractivity contribution in [2.24, 2.45) is 5.14 Å². The van der Waals surface area contributed by atoms with E-state index in [1.807, 2.05) is 0 Å². The molecule has 0 bridgehead atoms. The second-order valence-corrected chi connectivity index (χ2v) is 6.83. The van der Waals surface area contributed by atoms with Gasteiger partial charge in [-0.15, -0.1) is 0 Å². The molecule has 1 heterocycles. The van der Waals surface area contributed by atoms with Crippen molar-refractivity contribution in [1.82, 2.24) is 0 Å². The lowest BCUT2D eigenvalue weighted by Crippen LogP contribution is -2.32. The molecular weight excluding hydrogens is 320 g/mol. The van der Waals surface area contributed by atoms with Crippen LogP contribution in [0.15, 0.2) is 18.2 Å². The third kappa shape index (κ3) is 3.17. The molecule has 0 spiro atoms. The average Bonchev–Trinajstić information content (AvgIpc) is 2.80. The largest absolute Gasteiger partial charge is 0.465 e. The van der Waals surface area contributed by atoms with E-state index >= 15 is 0 Å². The summed E-state index contributed by atoms with van der Waals surface area (Å²) in [5.41, 5.74) is 0.472. The Kier molecular flexibility index (Phi) is 4.22. The third-order valence-electron chi connectivity index (χ3n) is 3.22. The predicted octanol–water partition coefficient (Wildman–Crippen LogP) is 0.520. The number of sulfonamides is 1. The van der Waals surface area contributed by atoms with Gasteiger partial charge in [0.05, 0.1) is 17.7 Å². The third-order valence-corrected chi connectivity index (χ3v) is 4.80. The summed E-state index contributed by atoms with van der Waals surface area (Å²) >= 11 is 5.89. The molecule has 1 aliphatic heterocycles. The van der Waals surface area contributed by atoms with Crippen LogP contribution in [0, 0.1) is 0 Å². The normalized spacial score (nSPS) is 18.9. The summed E-state index contributed by atoms with van der Waals surface area (Å²) < 4.78 is 27.3. The number of anilines is 1. The van der Waals surface area contributed by atoms with Gasteiger partial charge in [0.25, 0.3) is 0 Å². The zero-order valence-electron chi connectivity index (χ0n) is 11.1. The molecular formula is C12H13ClN2O5S. The Morgan fingerprint density at radius 1 is 1.48 bits per heavy atom. The highest BCUT2D eigenvalue weighted by Gasteiger charge is 2.37. The minimum atomic E-state index is -3.80. The summed E-state index contributed by atoms with van der Waals surface area (Å²) in [6, 6.07) is 4.36. The van der Waals surface area contributed by atoms with Crippen molar-refractivity contribution in [2.75, 3.05) is 18.6 Å². The van der Waals surface area contributed by atoms with Crippen molar-refractivity contribution in [2.45, 2.75) is 11.7 Å². The van der Waals surface area contributed by atoms with Crippen LogP contribution in [0.1, 0.15) is 16.8 Å². The second kappa shape index (κ2) is 5.63. The molecule has 1 aromatic carbocycles. The van der Waals surface area contributed by atoms with E-state index in [-0.39, 0.29) is 29.5 Å². The highest BCUT2D eigenvalue weighted by atomic mass is 35.5. The van der Waals surface area contributed by atoms with Gasteiger partial charge in [0.1, 0.15) is 5.25 Å². The number of rotatable bonds is 3. The number of primary sulfonamides is 1. The standard InChI is InChI=1S/C12H13ClN2O5S/c1-20-12(17)9-4-7(2-3-10(9)13)15-6-8(5-11(15)16)21(14,18)19/h2-4,8H,5-6H2,1H3,(H2,14,18,19). The first-order valence-electron chi connectivity index (χ1n) is 5.94. The minimum Gasteiger partial charge on any atom is -0.465 e. The fraction of sp³-hybridized carbons (Fsp3) is 0.333. The average molecular weight is 333 g/mol. The molecule has 1 unspecified atom stereocenters. The number of methoxy groups -OCH3 is 1. The van der Waals surface area contributed by atoms with Gasteiger partial charge < -0.3 is 9.64 Å². The van der Waals surface area contributed by atoms with Crippen LogP contribution < -0.4 is 10.0 Å². The molecule has 1 amide bonds. The maximum atomic E-state index is 11.9. The van der Waals surface area contributed by atoms with E-state index in [0.29, 0.717) is 5.69 Å². The maximum absolute atomic E-state index is 11.9. The van der Waals surface area contributed by atoms with Crippen molar-refractivity contribution >= 4 is 39.2 Å². The molecule has 9 heteroatoms. The monoisotopic (exact) mass is 332 g/mol. The van der Waals surface area contributed by atoms with Crippen LogP contribution in [0.25, 0.3) is 0 Å². The zero-order valence-corrected chi connectivity index (χ0v) is 12.6. The van der Waals surface area contributed by atoms with Crippen LogP contribution >= 0.6 is 11.6 Å². The molecule has 1 fully saturated rings. The van der Waals surface area contributed by atoms with Crippen molar-refractivity contribution in [3.8, 4) is 0 Å². The Labute approximate surface area is 126 Å². The number of hydrogen-bond donors (Lipinski definition) is 1. The first-order valence-corrected chi connectivity index (χ1v) is 7.92.